The van der Waals surface area contributed by atoms with Crippen LogP contribution in [-0.4, -0.2) is 34.0 Å². The highest BCUT2D eigenvalue weighted by Crippen LogP contribution is 2.38. The summed E-state index contributed by atoms with van der Waals surface area (Å²) in [6.45, 7) is 4.39. The van der Waals surface area contributed by atoms with Crippen LogP contribution in [0, 0.1) is 13.8 Å². The quantitative estimate of drug-likeness (QED) is 0.694. The average molecular weight is 399 g/mol. The molecule has 1 amide bonds. The summed E-state index contributed by atoms with van der Waals surface area (Å²) in [5, 5.41) is 11.1. The topological polar surface area (TPSA) is 75.8 Å². The summed E-state index contributed by atoms with van der Waals surface area (Å²) >= 11 is 6.10. The maximum Gasteiger partial charge on any atom is 0.291 e. The molecule has 7 heteroatoms. The predicted octanol–water partition coefficient (Wildman–Crippen LogP) is 4.35. The van der Waals surface area contributed by atoms with Crippen molar-refractivity contribution in [2.24, 2.45) is 0 Å². The van der Waals surface area contributed by atoms with Gasteiger partial charge in [0, 0.05) is 17.5 Å². The van der Waals surface area contributed by atoms with Gasteiger partial charge in [0.2, 0.25) is 5.76 Å². The molecule has 1 N–H and O–H groups in total. The van der Waals surface area contributed by atoms with Gasteiger partial charge in [0.15, 0.2) is 17.4 Å². The summed E-state index contributed by atoms with van der Waals surface area (Å²) in [5.74, 6) is 0.867. The van der Waals surface area contributed by atoms with Crippen molar-refractivity contribution in [3.8, 4) is 22.6 Å². The lowest BCUT2D eigenvalue weighted by molar-refractivity contribution is 0.0698. The molecule has 144 valence electrons. The van der Waals surface area contributed by atoms with E-state index in [0.29, 0.717) is 28.9 Å². The summed E-state index contributed by atoms with van der Waals surface area (Å²) in [4.78, 5) is 18.7. The molecule has 1 aromatic heterocycles. The van der Waals surface area contributed by atoms with E-state index in [0.717, 1.165) is 16.7 Å². The van der Waals surface area contributed by atoms with E-state index < -0.39 is 0 Å². The molecule has 2 aromatic carbocycles. The van der Waals surface area contributed by atoms with Crippen molar-refractivity contribution < 1.29 is 19.1 Å². The van der Waals surface area contributed by atoms with E-state index in [1.165, 1.54) is 0 Å². The number of carbonyl (C=O) groups excluding carboxylic acids is 1. The molecule has 0 atom stereocenters. The molecule has 28 heavy (non-hydrogen) atoms. The van der Waals surface area contributed by atoms with E-state index in [-0.39, 0.29) is 30.6 Å². The van der Waals surface area contributed by atoms with E-state index in [1.54, 1.807) is 30.9 Å². The van der Waals surface area contributed by atoms with Crippen molar-refractivity contribution in [1.29, 1.82) is 0 Å². The minimum atomic E-state index is -0.248. The summed E-state index contributed by atoms with van der Waals surface area (Å²) in [5.41, 5.74) is 2.94. The standard InChI is InChI=1S/C21H19ClN2O4/c1-12-19(28-13(2)23-12)21(26)24-6-7-27-20-16(11-24)8-15(10-18(20)25)14-4-3-5-17(22)9-14/h3-5,8-10,25H,6-7,11H2,1-2H3. The van der Waals surface area contributed by atoms with Crippen molar-refractivity contribution in [3.05, 3.63) is 64.3 Å². The second kappa shape index (κ2) is 7.20. The SMILES string of the molecule is Cc1nc(C)c(C(=O)N2CCOc3c(O)cc(-c4cccc(Cl)c4)cc3C2)o1. The van der Waals surface area contributed by atoms with Crippen LogP contribution in [0.4, 0.5) is 0 Å². The molecular weight excluding hydrogens is 380 g/mol. The number of rotatable bonds is 2. The number of phenols is 1. The number of amides is 1. The molecule has 0 aliphatic carbocycles. The average Bonchev–Trinajstić information content (AvgIpc) is 2.87. The minimum Gasteiger partial charge on any atom is -0.504 e. The number of halogens is 1. The van der Waals surface area contributed by atoms with Gasteiger partial charge in [-0.1, -0.05) is 23.7 Å². The van der Waals surface area contributed by atoms with Crippen LogP contribution in [0.1, 0.15) is 27.7 Å². The first-order chi connectivity index (χ1) is 13.4. The number of aromatic nitrogens is 1. The molecule has 0 radical (unpaired) electrons. The monoisotopic (exact) mass is 398 g/mol. The summed E-state index contributed by atoms with van der Waals surface area (Å²) in [6.07, 6.45) is 0. The fourth-order valence-electron chi connectivity index (χ4n) is 3.38. The van der Waals surface area contributed by atoms with Gasteiger partial charge in [-0.05, 0) is 42.3 Å². The number of aromatic hydroxyl groups is 1. The number of phenolic OH excluding ortho intramolecular Hbond substituents is 1. The Morgan fingerprint density at radius 1 is 1.21 bits per heavy atom. The highest BCUT2D eigenvalue weighted by atomic mass is 35.5. The van der Waals surface area contributed by atoms with Gasteiger partial charge in [0.05, 0.1) is 18.8 Å². The molecule has 2 heterocycles. The fourth-order valence-corrected chi connectivity index (χ4v) is 3.57. The third kappa shape index (κ3) is 3.43. The third-order valence-corrected chi connectivity index (χ3v) is 4.89. The van der Waals surface area contributed by atoms with Gasteiger partial charge in [0.1, 0.15) is 6.61 Å². The van der Waals surface area contributed by atoms with Crippen LogP contribution in [-0.2, 0) is 6.54 Å². The van der Waals surface area contributed by atoms with Gasteiger partial charge >= 0.3 is 0 Å². The summed E-state index contributed by atoms with van der Waals surface area (Å²) in [6, 6.07) is 10.9. The zero-order chi connectivity index (χ0) is 19.8. The van der Waals surface area contributed by atoms with Gasteiger partial charge in [-0.3, -0.25) is 4.79 Å². The van der Waals surface area contributed by atoms with Gasteiger partial charge in [0.25, 0.3) is 5.91 Å². The van der Waals surface area contributed by atoms with E-state index in [4.69, 9.17) is 20.8 Å². The highest BCUT2D eigenvalue weighted by Gasteiger charge is 2.27. The fraction of sp³-hybridized carbons (Fsp3) is 0.238. The highest BCUT2D eigenvalue weighted by molar-refractivity contribution is 6.30. The van der Waals surface area contributed by atoms with Crippen molar-refractivity contribution in [1.82, 2.24) is 9.88 Å². The number of benzene rings is 2. The predicted molar refractivity (Wildman–Crippen MR) is 105 cm³/mol. The molecular formula is C21H19ClN2O4. The summed E-state index contributed by atoms with van der Waals surface area (Å²) in [7, 11) is 0. The Bertz CT molecular complexity index is 1060. The molecule has 3 aromatic rings. The van der Waals surface area contributed by atoms with Crippen LogP contribution in [0.15, 0.2) is 40.8 Å². The molecule has 0 spiro atoms. The van der Waals surface area contributed by atoms with Crippen LogP contribution in [0.25, 0.3) is 11.1 Å². The molecule has 4 rings (SSSR count). The Balaban J connectivity index is 1.70. The van der Waals surface area contributed by atoms with Gasteiger partial charge in [-0.15, -0.1) is 0 Å². The van der Waals surface area contributed by atoms with Crippen LogP contribution < -0.4 is 4.74 Å². The normalized spacial score (nSPS) is 13.6. The number of oxazole rings is 1. The van der Waals surface area contributed by atoms with Crippen molar-refractivity contribution >= 4 is 17.5 Å². The zero-order valence-corrected chi connectivity index (χ0v) is 16.3. The third-order valence-electron chi connectivity index (χ3n) is 4.66. The Morgan fingerprint density at radius 3 is 2.75 bits per heavy atom. The van der Waals surface area contributed by atoms with Gasteiger partial charge in [-0.2, -0.15) is 0 Å². The second-order valence-corrected chi connectivity index (χ2v) is 7.15. The molecule has 1 aliphatic rings. The van der Waals surface area contributed by atoms with Crippen LogP contribution in [0.5, 0.6) is 11.5 Å². The molecule has 0 bridgehead atoms. The second-order valence-electron chi connectivity index (χ2n) is 6.72. The largest absolute Gasteiger partial charge is 0.504 e. The number of hydrogen-bond donors (Lipinski definition) is 1. The number of carbonyl (C=O) groups is 1. The van der Waals surface area contributed by atoms with Crippen LogP contribution >= 0.6 is 11.6 Å². The summed E-state index contributed by atoms with van der Waals surface area (Å²) < 4.78 is 11.2. The van der Waals surface area contributed by atoms with E-state index in [9.17, 15) is 9.90 Å². The van der Waals surface area contributed by atoms with Crippen LogP contribution in [0.3, 0.4) is 0 Å². The van der Waals surface area contributed by atoms with Crippen LogP contribution in [0.2, 0.25) is 5.02 Å². The Kier molecular flexibility index (Phi) is 4.73. The van der Waals surface area contributed by atoms with E-state index >= 15 is 0 Å². The first-order valence-electron chi connectivity index (χ1n) is 8.90. The molecule has 0 unspecified atom stereocenters. The Hall–Kier alpha value is -2.99. The van der Waals surface area contributed by atoms with Crippen molar-refractivity contribution in [2.75, 3.05) is 13.2 Å². The lowest BCUT2D eigenvalue weighted by Gasteiger charge is -2.19. The number of hydrogen-bond acceptors (Lipinski definition) is 5. The lowest BCUT2D eigenvalue weighted by atomic mass is 10.0. The first-order valence-corrected chi connectivity index (χ1v) is 9.28. The molecule has 0 saturated carbocycles. The molecule has 1 aliphatic heterocycles. The molecule has 0 saturated heterocycles. The zero-order valence-electron chi connectivity index (χ0n) is 15.5. The Morgan fingerprint density at radius 2 is 2.04 bits per heavy atom. The molecule has 6 nitrogen and oxygen atoms in total. The van der Waals surface area contributed by atoms with Crippen molar-refractivity contribution in [3.63, 3.8) is 0 Å². The van der Waals surface area contributed by atoms with Crippen molar-refractivity contribution in [2.45, 2.75) is 20.4 Å². The Labute approximate surface area is 167 Å². The maximum absolute atomic E-state index is 12.9. The maximum atomic E-state index is 12.9. The number of nitrogens with zero attached hydrogens (tertiary/aromatic N) is 2. The first kappa shape index (κ1) is 18.4. The van der Waals surface area contributed by atoms with Gasteiger partial charge in [-0.25, -0.2) is 4.98 Å². The van der Waals surface area contributed by atoms with E-state index in [1.807, 2.05) is 24.3 Å². The number of ether oxygens (including phenoxy) is 1. The van der Waals surface area contributed by atoms with E-state index in [2.05, 4.69) is 4.98 Å². The number of aryl methyl sites for hydroxylation is 2. The lowest BCUT2D eigenvalue weighted by Crippen LogP contribution is -2.32. The minimum absolute atomic E-state index is 0.0356. The smallest absolute Gasteiger partial charge is 0.291 e. The number of fused-ring (bicyclic) bond motifs is 1. The van der Waals surface area contributed by atoms with Gasteiger partial charge < -0.3 is 19.2 Å². The molecule has 0 fully saturated rings.